The van der Waals surface area contributed by atoms with Crippen LogP contribution in [0.4, 0.5) is 13.2 Å². The average Bonchev–Trinajstić information content (AvgIpc) is 3.38. The van der Waals surface area contributed by atoms with E-state index in [0.29, 0.717) is 12.2 Å². The van der Waals surface area contributed by atoms with E-state index >= 15 is 0 Å². The maximum absolute atomic E-state index is 13.8. The molecule has 4 rings (SSSR count). The van der Waals surface area contributed by atoms with Gasteiger partial charge < -0.3 is 29.4 Å². The van der Waals surface area contributed by atoms with Crippen LogP contribution >= 0.6 is 12.2 Å². The molecule has 4 N–H and O–H groups in total. The fourth-order valence-electron chi connectivity index (χ4n) is 4.43. The van der Waals surface area contributed by atoms with Crippen molar-refractivity contribution in [3.8, 4) is 28.4 Å². The molecule has 0 aromatic heterocycles. The third-order valence-corrected chi connectivity index (χ3v) is 6.65. The van der Waals surface area contributed by atoms with E-state index in [1.165, 1.54) is 18.1 Å². The Labute approximate surface area is 228 Å². The number of carbonyl (C=O) groups is 1. The van der Waals surface area contributed by atoms with Gasteiger partial charge in [-0.2, -0.15) is 13.2 Å². The van der Waals surface area contributed by atoms with E-state index in [0.717, 1.165) is 24.3 Å². The zero-order valence-corrected chi connectivity index (χ0v) is 21.9. The average molecular weight is 565 g/mol. The number of methoxy groups -OCH3 is 2. The highest BCUT2D eigenvalue weighted by atomic mass is 32.1. The highest BCUT2D eigenvalue weighted by molar-refractivity contribution is 7.80. The number of likely N-dealkylation sites (tertiary alicyclic amines) is 1. The smallest absolute Gasteiger partial charge is 0.420 e. The predicted octanol–water partition coefficient (Wildman–Crippen LogP) is 5.36. The van der Waals surface area contributed by atoms with Crippen LogP contribution in [0.1, 0.15) is 24.0 Å². The van der Waals surface area contributed by atoms with Gasteiger partial charge in [-0.05, 0) is 41.8 Å². The number of halogens is 3. The molecule has 0 unspecified atom stereocenters. The molecule has 1 aliphatic rings. The molecule has 0 amide bonds. The number of rotatable bonds is 7. The number of aliphatic carboxylic acids is 1. The fourth-order valence-corrected chi connectivity index (χ4v) is 4.78. The predicted molar refractivity (Wildman–Crippen MR) is 141 cm³/mol. The number of hydrogen-bond acceptors (Lipinski definition) is 7. The largest absolute Gasteiger partial charge is 0.493 e. The van der Waals surface area contributed by atoms with Gasteiger partial charge in [-0.15, -0.1) is 0 Å². The van der Waals surface area contributed by atoms with Crippen LogP contribution in [-0.4, -0.2) is 52.7 Å². The van der Waals surface area contributed by atoms with Gasteiger partial charge in [-0.1, -0.05) is 54.7 Å². The number of nitrogens with two attached hydrogens (primary N) is 1. The molecule has 12 heteroatoms. The first-order chi connectivity index (χ1) is 18.6. The quantitative estimate of drug-likeness (QED) is 0.258. The van der Waals surface area contributed by atoms with Gasteiger partial charge in [0.25, 0.3) is 5.72 Å². The summed E-state index contributed by atoms with van der Waals surface area (Å²) in [4.78, 5) is 13.8. The Hall–Kier alpha value is -3.87. The van der Waals surface area contributed by atoms with Gasteiger partial charge in [0, 0.05) is 18.5 Å². The van der Waals surface area contributed by atoms with E-state index < -0.39 is 29.2 Å². The van der Waals surface area contributed by atoms with Crippen LogP contribution in [0.15, 0.2) is 66.7 Å². The minimum Gasteiger partial charge on any atom is -0.493 e. The Balaban J connectivity index is 0.00000205. The number of hydrogen-bond donors (Lipinski definition) is 3. The van der Waals surface area contributed by atoms with Crippen molar-refractivity contribution in [3.63, 3.8) is 0 Å². The lowest BCUT2D eigenvalue weighted by Crippen LogP contribution is -2.57. The number of benzene rings is 3. The number of ether oxygens (including phenoxy) is 3. The Morgan fingerprint density at radius 2 is 1.62 bits per heavy atom. The second kappa shape index (κ2) is 12.3. The van der Waals surface area contributed by atoms with Crippen molar-refractivity contribution in [1.82, 2.24) is 4.90 Å². The van der Waals surface area contributed by atoms with Crippen LogP contribution in [0.25, 0.3) is 11.1 Å². The maximum Gasteiger partial charge on any atom is 0.420 e. The van der Waals surface area contributed by atoms with Crippen LogP contribution in [0.3, 0.4) is 0 Å². The van der Waals surface area contributed by atoms with Crippen molar-refractivity contribution in [2.45, 2.75) is 24.7 Å². The van der Waals surface area contributed by atoms with Gasteiger partial charge >= 0.3 is 12.1 Å². The van der Waals surface area contributed by atoms with Gasteiger partial charge in [-0.3, -0.25) is 0 Å². The third-order valence-electron chi connectivity index (χ3n) is 6.19. The van der Waals surface area contributed by atoms with Crippen LogP contribution in [0.2, 0.25) is 0 Å². The minimum atomic E-state index is -4.75. The van der Waals surface area contributed by atoms with Crippen molar-refractivity contribution in [1.29, 1.82) is 0 Å². The number of carboxylic acid groups (broad SMARTS) is 1. The van der Waals surface area contributed by atoms with Crippen LogP contribution in [0.5, 0.6) is 17.2 Å². The molecule has 1 saturated heterocycles. The molecule has 1 heterocycles. The van der Waals surface area contributed by atoms with E-state index in [1.54, 1.807) is 12.1 Å². The fraction of sp³-hybridized carbons (Fsp3) is 0.259. The highest BCUT2D eigenvalue weighted by Crippen LogP contribution is 2.43. The lowest BCUT2D eigenvalue weighted by Gasteiger charge is -2.36. The first-order valence-corrected chi connectivity index (χ1v) is 12.0. The molecule has 0 radical (unpaired) electrons. The van der Waals surface area contributed by atoms with E-state index in [1.807, 2.05) is 42.5 Å². The van der Waals surface area contributed by atoms with E-state index in [9.17, 15) is 23.1 Å². The Bertz CT molecular complexity index is 1310. The standard InChI is InChI=1S/C27H24F3NO5S.H3NO/c1-34-22-16-19(15-21(23(22)35-2)27(28,29)30)24(37)31-14-6-13-26(31,25(32)33)36-20-11-9-18(10-12-20)17-7-4-3-5-8-17;1-2/h3-5,7-12,15-16H,6,13-14H2,1-2H3,(H,32,33);2H,1H2/t26-;/m1./s1. The second-order valence-corrected chi connectivity index (χ2v) is 8.79. The lowest BCUT2D eigenvalue weighted by molar-refractivity contribution is -0.164. The first-order valence-electron chi connectivity index (χ1n) is 11.6. The molecular formula is C27H27F3N2O6S. The summed E-state index contributed by atoms with van der Waals surface area (Å²) in [7, 11) is 2.32. The molecular weight excluding hydrogens is 537 g/mol. The molecule has 3 aromatic rings. The van der Waals surface area contributed by atoms with Crippen LogP contribution in [0, 0.1) is 0 Å². The van der Waals surface area contributed by atoms with Crippen molar-refractivity contribution in [3.05, 3.63) is 77.9 Å². The first kappa shape index (κ1) is 29.7. The topological polar surface area (TPSA) is 114 Å². The number of nitrogens with zero attached hydrogens (tertiary/aromatic N) is 1. The Kier molecular flexibility index (Phi) is 9.38. The van der Waals surface area contributed by atoms with Crippen molar-refractivity contribution < 1.29 is 42.5 Å². The summed E-state index contributed by atoms with van der Waals surface area (Å²) in [6, 6.07) is 18.7. The number of thiocarbonyl (C=S) groups is 1. The van der Waals surface area contributed by atoms with Gasteiger partial charge in [0.1, 0.15) is 16.3 Å². The summed E-state index contributed by atoms with van der Waals surface area (Å²) in [6.45, 7) is 0.183. The SMILES string of the molecule is COc1cc(C(=S)N2CCC[C@@]2(Oc2ccc(-c3ccccc3)cc2)C(=O)O)cc(C(F)(F)F)c1OC.NO. The molecule has 1 atom stereocenters. The summed E-state index contributed by atoms with van der Waals surface area (Å²) in [6.07, 6.45) is -4.26. The zero-order valence-electron chi connectivity index (χ0n) is 21.1. The Morgan fingerprint density at radius 1 is 1.00 bits per heavy atom. The van der Waals surface area contributed by atoms with Gasteiger partial charge in [0.05, 0.1) is 14.2 Å². The molecule has 1 aliphatic heterocycles. The minimum absolute atomic E-state index is 0.0319. The molecule has 3 aromatic carbocycles. The van der Waals surface area contributed by atoms with Gasteiger partial charge in [0.2, 0.25) is 0 Å². The molecule has 208 valence electrons. The molecule has 8 nitrogen and oxygen atoms in total. The van der Waals surface area contributed by atoms with E-state index in [2.05, 4.69) is 5.90 Å². The third kappa shape index (κ3) is 6.08. The number of alkyl halides is 3. The molecule has 0 bridgehead atoms. The molecule has 0 aliphatic carbocycles. The molecule has 1 fully saturated rings. The van der Waals surface area contributed by atoms with Crippen molar-refractivity contribution in [2.24, 2.45) is 5.90 Å². The van der Waals surface area contributed by atoms with Crippen LogP contribution < -0.4 is 20.1 Å². The molecule has 39 heavy (non-hydrogen) atoms. The lowest BCUT2D eigenvalue weighted by atomic mass is 10.0. The number of carboxylic acids is 1. The normalized spacial score (nSPS) is 16.6. The highest BCUT2D eigenvalue weighted by Gasteiger charge is 2.52. The molecule has 0 saturated carbocycles. The summed E-state index contributed by atoms with van der Waals surface area (Å²) in [5.74, 6) is 1.84. The van der Waals surface area contributed by atoms with Gasteiger partial charge in [0.15, 0.2) is 11.5 Å². The second-order valence-electron chi connectivity index (χ2n) is 8.40. The monoisotopic (exact) mass is 564 g/mol. The summed E-state index contributed by atoms with van der Waals surface area (Å²) in [5.41, 5.74) is -1.10. The summed E-state index contributed by atoms with van der Waals surface area (Å²) in [5, 5.41) is 16.7. The zero-order chi connectivity index (χ0) is 28.8. The van der Waals surface area contributed by atoms with Crippen molar-refractivity contribution >= 4 is 23.2 Å². The molecule has 0 spiro atoms. The summed E-state index contributed by atoms with van der Waals surface area (Å²) >= 11 is 5.54. The van der Waals surface area contributed by atoms with Gasteiger partial charge in [-0.25, -0.2) is 10.7 Å². The maximum atomic E-state index is 13.8. The van der Waals surface area contributed by atoms with E-state index in [-0.39, 0.29) is 29.3 Å². The Morgan fingerprint density at radius 3 is 2.15 bits per heavy atom. The van der Waals surface area contributed by atoms with Crippen LogP contribution in [-0.2, 0) is 11.0 Å². The van der Waals surface area contributed by atoms with E-state index in [4.69, 9.17) is 31.6 Å². The van der Waals surface area contributed by atoms with Crippen molar-refractivity contribution in [2.75, 3.05) is 20.8 Å². The summed E-state index contributed by atoms with van der Waals surface area (Å²) < 4.78 is 57.4.